The summed E-state index contributed by atoms with van der Waals surface area (Å²) in [5.41, 5.74) is 0.227. The van der Waals surface area contributed by atoms with Crippen molar-refractivity contribution in [2.75, 3.05) is 6.54 Å². The van der Waals surface area contributed by atoms with Gasteiger partial charge in [-0.1, -0.05) is 6.08 Å². The largest absolute Gasteiger partial charge is 0.481 e. The molecule has 0 aromatic rings. The number of carboxylic acid groups (broad SMARTS) is 1. The first-order valence-electron chi connectivity index (χ1n) is 6.21. The van der Waals surface area contributed by atoms with E-state index in [0.717, 1.165) is 18.5 Å². The predicted molar refractivity (Wildman–Crippen MR) is 67.1 cm³/mol. The number of hydrogen-bond acceptors (Lipinski definition) is 3. The first kappa shape index (κ1) is 14.5. The van der Waals surface area contributed by atoms with Gasteiger partial charge in [0.15, 0.2) is 0 Å². The summed E-state index contributed by atoms with van der Waals surface area (Å²) >= 11 is 0. The van der Waals surface area contributed by atoms with Crippen molar-refractivity contribution in [3.05, 3.63) is 11.8 Å². The molecule has 0 saturated heterocycles. The quantitative estimate of drug-likeness (QED) is 0.842. The zero-order valence-electron chi connectivity index (χ0n) is 11.2. The highest BCUT2D eigenvalue weighted by Gasteiger charge is 2.26. The summed E-state index contributed by atoms with van der Waals surface area (Å²) in [6, 6.07) is 0. The maximum Gasteiger partial charge on any atom is 0.414 e. The van der Waals surface area contributed by atoms with Crippen molar-refractivity contribution in [2.45, 2.75) is 52.1 Å². The van der Waals surface area contributed by atoms with E-state index in [2.05, 4.69) is 0 Å². The molecule has 18 heavy (non-hydrogen) atoms. The molecule has 0 aliphatic carbocycles. The van der Waals surface area contributed by atoms with Gasteiger partial charge in [-0.2, -0.15) is 0 Å². The summed E-state index contributed by atoms with van der Waals surface area (Å²) in [5, 5.41) is 8.69. The molecule has 0 aromatic carbocycles. The van der Waals surface area contributed by atoms with Crippen LogP contribution in [0.1, 0.15) is 46.5 Å². The second-order valence-electron chi connectivity index (χ2n) is 5.36. The number of aliphatic carboxylic acids is 1. The van der Waals surface area contributed by atoms with Crippen LogP contribution in [0.5, 0.6) is 0 Å². The molecule has 1 rings (SSSR count). The highest BCUT2D eigenvalue weighted by Crippen LogP contribution is 2.22. The summed E-state index contributed by atoms with van der Waals surface area (Å²) in [5.74, 6) is -0.856. The molecule has 1 aliphatic rings. The van der Waals surface area contributed by atoms with E-state index in [1.165, 1.54) is 0 Å². The smallest absolute Gasteiger partial charge is 0.414 e. The van der Waals surface area contributed by atoms with Crippen molar-refractivity contribution in [3.8, 4) is 0 Å². The van der Waals surface area contributed by atoms with Crippen LogP contribution in [-0.2, 0) is 9.53 Å². The summed E-state index contributed by atoms with van der Waals surface area (Å²) in [4.78, 5) is 24.1. The van der Waals surface area contributed by atoms with Gasteiger partial charge in [-0.3, -0.25) is 9.69 Å². The second-order valence-corrected chi connectivity index (χ2v) is 5.36. The minimum absolute atomic E-state index is 0.0329. The van der Waals surface area contributed by atoms with Crippen molar-refractivity contribution in [1.29, 1.82) is 0 Å². The van der Waals surface area contributed by atoms with Crippen LogP contribution < -0.4 is 0 Å². The summed E-state index contributed by atoms with van der Waals surface area (Å²) in [6.45, 7) is 6.04. The van der Waals surface area contributed by atoms with Gasteiger partial charge in [-0.15, -0.1) is 0 Å². The Hall–Kier alpha value is -1.52. The number of amides is 1. The van der Waals surface area contributed by atoms with Crippen molar-refractivity contribution in [3.63, 3.8) is 0 Å². The number of rotatable bonds is 3. The highest BCUT2D eigenvalue weighted by atomic mass is 16.6. The molecule has 0 radical (unpaired) electrons. The molecule has 1 amide bonds. The van der Waals surface area contributed by atoms with Crippen molar-refractivity contribution < 1.29 is 19.4 Å². The molecule has 0 spiro atoms. The van der Waals surface area contributed by atoms with Gasteiger partial charge in [0.1, 0.15) is 5.60 Å². The fourth-order valence-electron chi connectivity index (χ4n) is 1.77. The van der Waals surface area contributed by atoms with Crippen LogP contribution in [0.4, 0.5) is 4.79 Å². The Morgan fingerprint density at radius 2 is 2.11 bits per heavy atom. The first-order chi connectivity index (χ1) is 8.29. The third-order valence-corrected chi connectivity index (χ3v) is 2.52. The van der Waals surface area contributed by atoms with E-state index in [0.29, 0.717) is 13.0 Å². The zero-order valence-corrected chi connectivity index (χ0v) is 11.2. The molecule has 5 nitrogen and oxygen atoms in total. The molecule has 0 bridgehead atoms. The second kappa shape index (κ2) is 5.89. The van der Waals surface area contributed by atoms with Crippen LogP contribution in [0.2, 0.25) is 0 Å². The Bertz CT molecular complexity index is 354. The molecule has 0 fully saturated rings. The topological polar surface area (TPSA) is 66.8 Å². The lowest BCUT2D eigenvalue weighted by Crippen LogP contribution is -2.38. The summed E-state index contributed by atoms with van der Waals surface area (Å²) in [7, 11) is 0. The van der Waals surface area contributed by atoms with Gasteiger partial charge >= 0.3 is 12.1 Å². The number of carbonyl (C=O) groups is 2. The van der Waals surface area contributed by atoms with Crippen LogP contribution in [0, 0.1) is 0 Å². The fourth-order valence-corrected chi connectivity index (χ4v) is 1.77. The summed E-state index contributed by atoms with van der Waals surface area (Å²) < 4.78 is 5.31. The lowest BCUT2D eigenvalue weighted by Gasteiger charge is -2.31. The zero-order chi connectivity index (χ0) is 13.8. The van der Waals surface area contributed by atoms with E-state index in [1.807, 2.05) is 26.8 Å². The molecule has 1 aliphatic heterocycles. The fraction of sp³-hybridized carbons (Fsp3) is 0.692. The van der Waals surface area contributed by atoms with E-state index in [1.54, 1.807) is 4.90 Å². The molecule has 1 heterocycles. The Balaban J connectivity index is 2.66. The van der Waals surface area contributed by atoms with E-state index in [4.69, 9.17) is 9.84 Å². The van der Waals surface area contributed by atoms with E-state index >= 15 is 0 Å². The first-order valence-corrected chi connectivity index (χ1v) is 6.21. The number of nitrogens with zero attached hydrogens (tertiary/aromatic N) is 1. The van der Waals surface area contributed by atoms with Gasteiger partial charge in [-0.05, 0) is 40.0 Å². The minimum Gasteiger partial charge on any atom is -0.481 e. The minimum atomic E-state index is -0.856. The lowest BCUT2D eigenvalue weighted by atomic mass is 10.1. The van der Waals surface area contributed by atoms with Gasteiger partial charge in [0.05, 0.1) is 6.42 Å². The number of allylic oxidation sites excluding steroid dienone is 2. The molecular formula is C13H21NO4. The third kappa shape index (κ3) is 4.77. The summed E-state index contributed by atoms with van der Waals surface area (Å²) in [6.07, 6.45) is 3.71. The van der Waals surface area contributed by atoms with Crippen LogP contribution in [0.25, 0.3) is 0 Å². The molecule has 5 heteroatoms. The van der Waals surface area contributed by atoms with Gasteiger partial charge in [0, 0.05) is 12.2 Å². The normalized spacial score (nSPS) is 16.2. The van der Waals surface area contributed by atoms with Crippen molar-refractivity contribution in [2.24, 2.45) is 0 Å². The molecule has 0 unspecified atom stereocenters. The molecule has 0 saturated carbocycles. The standard InChI is InChI=1S/C13H21NO4/c1-13(2,3)18-12(17)14-9-5-4-6-10(14)7-8-11(15)16/h6H,4-5,7-9H2,1-3H3,(H,15,16). The predicted octanol–water partition coefficient (Wildman–Crippen LogP) is 2.77. The van der Waals surface area contributed by atoms with E-state index in [-0.39, 0.29) is 12.5 Å². The Morgan fingerprint density at radius 3 is 2.67 bits per heavy atom. The van der Waals surface area contributed by atoms with Crippen molar-refractivity contribution in [1.82, 2.24) is 4.90 Å². The molecular weight excluding hydrogens is 234 g/mol. The number of ether oxygens (including phenoxy) is 1. The Morgan fingerprint density at radius 1 is 1.44 bits per heavy atom. The number of carbonyl (C=O) groups excluding carboxylic acids is 1. The maximum absolute atomic E-state index is 12.0. The molecule has 0 aromatic heterocycles. The van der Waals surface area contributed by atoms with Gasteiger partial charge in [-0.25, -0.2) is 4.79 Å². The Labute approximate surface area is 107 Å². The van der Waals surface area contributed by atoms with Gasteiger partial charge in [0.25, 0.3) is 0 Å². The van der Waals surface area contributed by atoms with Crippen LogP contribution >= 0.6 is 0 Å². The highest BCUT2D eigenvalue weighted by molar-refractivity contribution is 5.71. The monoisotopic (exact) mass is 255 g/mol. The van der Waals surface area contributed by atoms with Gasteiger partial charge in [0.2, 0.25) is 0 Å². The van der Waals surface area contributed by atoms with Crippen LogP contribution in [-0.4, -0.2) is 34.2 Å². The number of hydrogen-bond donors (Lipinski definition) is 1. The van der Waals surface area contributed by atoms with Gasteiger partial charge < -0.3 is 9.84 Å². The average Bonchev–Trinajstić information content (AvgIpc) is 2.24. The molecule has 1 N–H and O–H groups in total. The molecule has 102 valence electrons. The van der Waals surface area contributed by atoms with Crippen LogP contribution in [0.15, 0.2) is 11.8 Å². The van der Waals surface area contributed by atoms with Crippen LogP contribution in [0.3, 0.4) is 0 Å². The van der Waals surface area contributed by atoms with E-state index in [9.17, 15) is 9.59 Å². The maximum atomic E-state index is 12.0. The average molecular weight is 255 g/mol. The SMILES string of the molecule is CC(C)(C)OC(=O)N1CCCC=C1CCC(=O)O. The van der Waals surface area contributed by atoms with E-state index < -0.39 is 11.6 Å². The lowest BCUT2D eigenvalue weighted by molar-refractivity contribution is -0.137. The third-order valence-electron chi connectivity index (χ3n) is 2.52. The Kier molecular flexibility index (Phi) is 4.76. The van der Waals surface area contributed by atoms with Crippen molar-refractivity contribution >= 4 is 12.1 Å². The molecule has 0 atom stereocenters. The number of carboxylic acids is 1.